The molecule has 0 aliphatic carbocycles. The van der Waals surface area contributed by atoms with Gasteiger partial charge >= 0.3 is 5.97 Å². The highest BCUT2D eigenvalue weighted by Gasteiger charge is 2.21. The molecule has 0 spiro atoms. The molecule has 0 N–H and O–H groups in total. The molecule has 0 bridgehead atoms. The summed E-state index contributed by atoms with van der Waals surface area (Å²) in [4.78, 5) is 25.2. The van der Waals surface area contributed by atoms with Crippen LogP contribution in [0.1, 0.15) is 20.7 Å². The number of nitrogens with zero attached hydrogens (tertiary/aromatic N) is 2. The number of methoxy groups -OCH3 is 1. The molecule has 1 heterocycles. The number of ether oxygens (including phenoxy) is 2. The van der Waals surface area contributed by atoms with E-state index in [0.29, 0.717) is 17.0 Å². The van der Waals surface area contributed by atoms with Crippen molar-refractivity contribution in [1.82, 2.24) is 9.78 Å². The summed E-state index contributed by atoms with van der Waals surface area (Å²) >= 11 is 0. The summed E-state index contributed by atoms with van der Waals surface area (Å²) < 4.78 is 12.2. The maximum atomic E-state index is 12.9. The first-order chi connectivity index (χ1) is 15.2. The predicted octanol–water partition coefficient (Wildman–Crippen LogP) is 4.59. The lowest BCUT2D eigenvalue weighted by atomic mass is 10.1. The lowest BCUT2D eigenvalue weighted by Crippen LogP contribution is -2.14. The third kappa shape index (κ3) is 4.53. The first-order valence-electron chi connectivity index (χ1n) is 9.70. The second kappa shape index (κ2) is 9.09. The molecule has 31 heavy (non-hydrogen) atoms. The molecule has 3 aromatic carbocycles. The van der Waals surface area contributed by atoms with E-state index in [2.05, 4.69) is 5.10 Å². The second-order valence-corrected chi connectivity index (χ2v) is 6.77. The molecule has 0 saturated heterocycles. The molecule has 6 nitrogen and oxygen atoms in total. The van der Waals surface area contributed by atoms with Crippen LogP contribution in [-0.4, -0.2) is 35.2 Å². The van der Waals surface area contributed by atoms with Crippen LogP contribution in [0.3, 0.4) is 0 Å². The van der Waals surface area contributed by atoms with Crippen LogP contribution < -0.4 is 4.74 Å². The van der Waals surface area contributed by atoms with Crippen molar-refractivity contribution in [1.29, 1.82) is 0 Å². The van der Waals surface area contributed by atoms with Crippen molar-refractivity contribution in [2.24, 2.45) is 0 Å². The summed E-state index contributed by atoms with van der Waals surface area (Å²) in [5, 5.41) is 4.60. The monoisotopic (exact) mass is 412 g/mol. The van der Waals surface area contributed by atoms with Crippen molar-refractivity contribution in [2.75, 3.05) is 13.7 Å². The smallest absolute Gasteiger partial charge is 0.342 e. The zero-order valence-electron chi connectivity index (χ0n) is 16.9. The Morgan fingerprint density at radius 1 is 0.871 bits per heavy atom. The molecule has 0 amide bonds. The highest BCUT2D eigenvalue weighted by Crippen LogP contribution is 2.26. The van der Waals surface area contributed by atoms with Gasteiger partial charge < -0.3 is 9.47 Å². The molecule has 0 atom stereocenters. The van der Waals surface area contributed by atoms with Crippen LogP contribution in [0.25, 0.3) is 16.9 Å². The zero-order valence-corrected chi connectivity index (χ0v) is 16.9. The van der Waals surface area contributed by atoms with Crippen molar-refractivity contribution in [3.8, 4) is 22.7 Å². The number of carbonyl (C=O) groups excluding carboxylic acids is 2. The van der Waals surface area contributed by atoms with E-state index in [9.17, 15) is 9.59 Å². The van der Waals surface area contributed by atoms with E-state index in [1.54, 1.807) is 54.4 Å². The van der Waals surface area contributed by atoms with E-state index >= 15 is 0 Å². The van der Waals surface area contributed by atoms with E-state index in [1.807, 2.05) is 48.5 Å². The number of rotatable bonds is 7. The fourth-order valence-corrected chi connectivity index (χ4v) is 3.11. The van der Waals surface area contributed by atoms with Crippen LogP contribution in [0.4, 0.5) is 0 Å². The van der Waals surface area contributed by atoms with Crippen LogP contribution in [0.2, 0.25) is 0 Å². The molecule has 0 aliphatic rings. The summed E-state index contributed by atoms with van der Waals surface area (Å²) in [5.74, 6) is -0.184. The van der Waals surface area contributed by atoms with Crippen LogP contribution >= 0.6 is 0 Å². The fraction of sp³-hybridized carbons (Fsp3) is 0.0800. The quantitative estimate of drug-likeness (QED) is 0.328. The van der Waals surface area contributed by atoms with Gasteiger partial charge in [0.25, 0.3) is 0 Å². The second-order valence-electron chi connectivity index (χ2n) is 6.77. The lowest BCUT2D eigenvalue weighted by Gasteiger charge is -2.05. The molecule has 6 heteroatoms. The number of para-hydroxylation sites is 1. The van der Waals surface area contributed by atoms with Crippen LogP contribution in [0.5, 0.6) is 5.75 Å². The van der Waals surface area contributed by atoms with Gasteiger partial charge in [-0.25, -0.2) is 9.48 Å². The summed E-state index contributed by atoms with van der Waals surface area (Å²) in [6.45, 7) is -0.346. The van der Waals surface area contributed by atoms with Gasteiger partial charge in [-0.2, -0.15) is 5.10 Å². The maximum Gasteiger partial charge on any atom is 0.342 e. The largest absolute Gasteiger partial charge is 0.497 e. The molecule has 0 fully saturated rings. The number of Topliss-reactive ketones (excluding diaryl/α,β-unsaturated/α-hetero) is 1. The van der Waals surface area contributed by atoms with Gasteiger partial charge in [-0.05, 0) is 36.4 Å². The Labute approximate surface area is 179 Å². The Morgan fingerprint density at radius 3 is 2.16 bits per heavy atom. The van der Waals surface area contributed by atoms with Crippen molar-refractivity contribution in [3.63, 3.8) is 0 Å². The van der Waals surface area contributed by atoms with Gasteiger partial charge in [-0.1, -0.05) is 48.5 Å². The van der Waals surface area contributed by atoms with Crippen molar-refractivity contribution in [3.05, 3.63) is 102 Å². The van der Waals surface area contributed by atoms with Gasteiger partial charge in [0.15, 0.2) is 12.4 Å². The van der Waals surface area contributed by atoms with Gasteiger partial charge in [0.1, 0.15) is 17.0 Å². The van der Waals surface area contributed by atoms with E-state index in [1.165, 1.54) is 0 Å². The predicted molar refractivity (Wildman–Crippen MR) is 117 cm³/mol. The summed E-state index contributed by atoms with van der Waals surface area (Å²) in [7, 11) is 1.59. The van der Waals surface area contributed by atoms with Crippen molar-refractivity contribution in [2.45, 2.75) is 0 Å². The number of carbonyl (C=O) groups is 2. The van der Waals surface area contributed by atoms with E-state index in [4.69, 9.17) is 9.47 Å². The minimum absolute atomic E-state index is 0.268. The highest BCUT2D eigenvalue weighted by atomic mass is 16.5. The Morgan fingerprint density at radius 2 is 1.52 bits per heavy atom. The van der Waals surface area contributed by atoms with Crippen molar-refractivity contribution >= 4 is 11.8 Å². The molecular weight excluding hydrogens is 392 g/mol. The topological polar surface area (TPSA) is 70.4 Å². The molecule has 154 valence electrons. The van der Waals surface area contributed by atoms with Crippen LogP contribution in [0, 0.1) is 0 Å². The number of aromatic nitrogens is 2. The van der Waals surface area contributed by atoms with E-state index in [0.717, 1.165) is 11.3 Å². The Kier molecular flexibility index (Phi) is 5.89. The number of hydrogen-bond acceptors (Lipinski definition) is 5. The van der Waals surface area contributed by atoms with Crippen LogP contribution in [0.15, 0.2) is 91.1 Å². The fourth-order valence-electron chi connectivity index (χ4n) is 3.11. The van der Waals surface area contributed by atoms with Gasteiger partial charge in [0.2, 0.25) is 0 Å². The third-order valence-corrected chi connectivity index (χ3v) is 4.75. The van der Waals surface area contributed by atoms with E-state index in [-0.39, 0.29) is 18.0 Å². The summed E-state index contributed by atoms with van der Waals surface area (Å²) in [6.07, 6.45) is 1.62. The summed E-state index contributed by atoms with van der Waals surface area (Å²) in [6, 6.07) is 25.4. The minimum atomic E-state index is -0.614. The molecule has 0 radical (unpaired) electrons. The van der Waals surface area contributed by atoms with Gasteiger partial charge in [0, 0.05) is 17.3 Å². The number of esters is 1. The molecule has 4 rings (SSSR count). The molecule has 0 unspecified atom stereocenters. The molecular formula is C25H20N2O4. The maximum absolute atomic E-state index is 12.9. The van der Waals surface area contributed by atoms with Gasteiger partial charge in [-0.15, -0.1) is 0 Å². The van der Waals surface area contributed by atoms with Crippen molar-refractivity contribution < 1.29 is 19.1 Å². The molecule has 0 aliphatic heterocycles. The summed E-state index contributed by atoms with van der Waals surface area (Å²) in [5.41, 5.74) is 2.76. The zero-order chi connectivity index (χ0) is 21.6. The average molecular weight is 412 g/mol. The minimum Gasteiger partial charge on any atom is -0.497 e. The first kappa shape index (κ1) is 20.1. The standard InChI is InChI=1S/C25H20N2O4/c1-30-21-14-12-19(13-15-21)24-22(16-27(26-24)20-10-6-3-7-11-20)25(29)31-17-23(28)18-8-4-2-5-9-18/h2-16H,17H2,1H3. The first-order valence-corrected chi connectivity index (χ1v) is 9.70. The molecule has 0 saturated carbocycles. The molecule has 4 aromatic rings. The Bertz CT molecular complexity index is 1180. The number of benzene rings is 3. The highest BCUT2D eigenvalue weighted by molar-refractivity contribution is 6.01. The third-order valence-electron chi connectivity index (χ3n) is 4.75. The average Bonchev–Trinajstić information content (AvgIpc) is 3.29. The SMILES string of the molecule is COc1ccc(-c2nn(-c3ccccc3)cc2C(=O)OCC(=O)c2ccccc2)cc1. The molecule has 1 aromatic heterocycles. The number of hydrogen-bond donors (Lipinski definition) is 0. The number of ketones is 1. The van der Waals surface area contributed by atoms with Gasteiger partial charge in [-0.3, -0.25) is 4.79 Å². The van der Waals surface area contributed by atoms with Crippen LogP contribution in [-0.2, 0) is 4.74 Å². The normalized spacial score (nSPS) is 10.5. The Balaban J connectivity index is 1.63. The van der Waals surface area contributed by atoms with Gasteiger partial charge in [0.05, 0.1) is 12.8 Å². The lowest BCUT2D eigenvalue weighted by molar-refractivity contribution is 0.0475. The van der Waals surface area contributed by atoms with E-state index < -0.39 is 5.97 Å². The Hall–Kier alpha value is -4.19.